The lowest BCUT2D eigenvalue weighted by Gasteiger charge is -2.26. The van der Waals surface area contributed by atoms with E-state index in [1.165, 1.54) is 38.8 Å². The van der Waals surface area contributed by atoms with Gasteiger partial charge in [-0.2, -0.15) is 0 Å². The summed E-state index contributed by atoms with van der Waals surface area (Å²) in [7, 11) is 0. The molecular formula is C15H29N3O. The fourth-order valence-electron chi connectivity index (χ4n) is 2.60. The minimum absolute atomic E-state index is 0.195. The molecule has 0 aromatic rings. The standard InChI is InChI=1S/C15H29N3O/c1-15(2,14(16)17-19)8-3-9-18(10-12-4-5-12)11-13-6-7-13/h12-13,19H,3-11H2,1-2H3,(H2,16,17). The van der Waals surface area contributed by atoms with Crippen LogP contribution in [-0.2, 0) is 0 Å². The van der Waals surface area contributed by atoms with E-state index >= 15 is 0 Å². The van der Waals surface area contributed by atoms with E-state index in [2.05, 4.69) is 10.1 Å². The highest BCUT2D eigenvalue weighted by Crippen LogP contribution is 2.34. The zero-order chi connectivity index (χ0) is 13.9. The summed E-state index contributed by atoms with van der Waals surface area (Å²) in [6.45, 7) is 7.85. The quantitative estimate of drug-likeness (QED) is 0.292. The Labute approximate surface area is 117 Å². The van der Waals surface area contributed by atoms with Gasteiger partial charge in [0.05, 0.1) is 0 Å². The van der Waals surface area contributed by atoms with E-state index in [-0.39, 0.29) is 5.41 Å². The summed E-state index contributed by atoms with van der Waals surface area (Å²) >= 11 is 0. The number of hydrogen-bond donors (Lipinski definition) is 2. The normalized spacial score (nSPS) is 21.1. The molecule has 0 atom stereocenters. The van der Waals surface area contributed by atoms with Gasteiger partial charge in [0.2, 0.25) is 0 Å². The Morgan fingerprint density at radius 3 is 2.16 bits per heavy atom. The second kappa shape index (κ2) is 6.12. The summed E-state index contributed by atoms with van der Waals surface area (Å²) in [5.74, 6) is 2.29. The van der Waals surface area contributed by atoms with Crippen LogP contribution in [0.4, 0.5) is 0 Å². The van der Waals surface area contributed by atoms with Gasteiger partial charge in [0, 0.05) is 18.5 Å². The van der Waals surface area contributed by atoms with Gasteiger partial charge in [0.15, 0.2) is 0 Å². The van der Waals surface area contributed by atoms with Crippen LogP contribution in [0.3, 0.4) is 0 Å². The average Bonchev–Trinajstić information content (AvgIpc) is 3.23. The Bertz CT molecular complexity index is 305. The SMILES string of the molecule is CC(C)(CCCN(CC1CC1)CC1CC1)C(N)=NO. The van der Waals surface area contributed by atoms with Crippen LogP contribution in [0.15, 0.2) is 5.16 Å². The molecule has 0 bridgehead atoms. The number of rotatable bonds is 9. The van der Waals surface area contributed by atoms with Crippen LogP contribution >= 0.6 is 0 Å². The van der Waals surface area contributed by atoms with Gasteiger partial charge in [0.25, 0.3) is 0 Å². The zero-order valence-electron chi connectivity index (χ0n) is 12.4. The number of amidine groups is 1. The maximum absolute atomic E-state index is 8.79. The molecule has 4 nitrogen and oxygen atoms in total. The molecule has 0 aromatic carbocycles. The fraction of sp³-hybridized carbons (Fsp3) is 0.933. The lowest BCUT2D eigenvalue weighted by Crippen LogP contribution is -2.34. The highest BCUT2D eigenvalue weighted by Gasteiger charge is 2.29. The molecule has 0 amide bonds. The molecule has 2 rings (SSSR count). The lowest BCUT2D eigenvalue weighted by atomic mass is 9.86. The Kier molecular flexibility index (Phi) is 4.71. The van der Waals surface area contributed by atoms with Crippen molar-refractivity contribution < 1.29 is 5.21 Å². The highest BCUT2D eigenvalue weighted by molar-refractivity contribution is 5.85. The molecule has 0 aliphatic heterocycles. The van der Waals surface area contributed by atoms with Gasteiger partial charge in [-0.25, -0.2) is 0 Å². The molecule has 19 heavy (non-hydrogen) atoms. The monoisotopic (exact) mass is 267 g/mol. The Balaban J connectivity index is 1.71. The Morgan fingerprint density at radius 1 is 1.21 bits per heavy atom. The van der Waals surface area contributed by atoms with Crippen molar-refractivity contribution in [1.82, 2.24) is 4.90 Å². The first-order chi connectivity index (χ1) is 9.01. The molecule has 110 valence electrons. The smallest absolute Gasteiger partial charge is 0.144 e. The number of oxime groups is 1. The van der Waals surface area contributed by atoms with Crippen molar-refractivity contribution in [2.24, 2.45) is 28.1 Å². The van der Waals surface area contributed by atoms with Crippen molar-refractivity contribution >= 4 is 5.84 Å². The van der Waals surface area contributed by atoms with E-state index in [0.717, 1.165) is 31.2 Å². The molecule has 0 unspecified atom stereocenters. The maximum Gasteiger partial charge on any atom is 0.144 e. The van der Waals surface area contributed by atoms with Crippen molar-refractivity contribution in [3.63, 3.8) is 0 Å². The Hall–Kier alpha value is -0.770. The third kappa shape index (κ3) is 5.01. The summed E-state index contributed by atoms with van der Waals surface area (Å²) in [4.78, 5) is 2.65. The first-order valence-electron chi connectivity index (χ1n) is 7.71. The van der Waals surface area contributed by atoms with E-state index < -0.39 is 0 Å². The molecule has 2 saturated carbocycles. The predicted molar refractivity (Wildman–Crippen MR) is 78.3 cm³/mol. The molecule has 0 heterocycles. The van der Waals surface area contributed by atoms with Crippen LogP contribution in [0, 0.1) is 17.3 Å². The molecule has 4 heteroatoms. The molecule has 0 saturated heterocycles. The van der Waals surface area contributed by atoms with Gasteiger partial charge in [-0.1, -0.05) is 19.0 Å². The summed E-state index contributed by atoms with van der Waals surface area (Å²) in [6.07, 6.45) is 7.82. The molecule has 0 radical (unpaired) electrons. The molecule has 0 spiro atoms. The molecule has 2 fully saturated rings. The van der Waals surface area contributed by atoms with E-state index in [9.17, 15) is 0 Å². The molecule has 2 aliphatic carbocycles. The number of hydrogen-bond acceptors (Lipinski definition) is 3. The minimum atomic E-state index is -0.195. The van der Waals surface area contributed by atoms with Gasteiger partial charge in [0.1, 0.15) is 5.84 Å². The molecular weight excluding hydrogens is 238 g/mol. The van der Waals surface area contributed by atoms with E-state index in [1.54, 1.807) is 0 Å². The topological polar surface area (TPSA) is 61.8 Å². The predicted octanol–water partition coefficient (Wildman–Crippen LogP) is 2.66. The van der Waals surface area contributed by atoms with Crippen LogP contribution < -0.4 is 5.73 Å². The van der Waals surface area contributed by atoms with E-state index in [4.69, 9.17) is 10.9 Å². The second-order valence-corrected chi connectivity index (χ2v) is 7.12. The van der Waals surface area contributed by atoms with Crippen molar-refractivity contribution in [3.05, 3.63) is 0 Å². The first kappa shape index (κ1) is 14.6. The molecule has 3 N–H and O–H groups in total. The van der Waals surface area contributed by atoms with Crippen molar-refractivity contribution in [2.75, 3.05) is 19.6 Å². The van der Waals surface area contributed by atoms with E-state index in [0.29, 0.717) is 5.84 Å². The van der Waals surface area contributed by atoms with Crippen LogP contribution in [0.5, 0.6) is 0 Å². The van der Waals surface area contributed by atoms with E-state index in [1.807, 2.05) is 13.8 Å². The van der Waals surface area contributed by atoms with Crippen LogP contribution in [0.1, 0.15) is 52.4 Å². The first-order valence-corrected chi connectivity index (χ1v) is 7.71. The largest absolute Gasteiger partial charge is 0.409 e. The number of nitrogens with zero attached hydrogens (tertiary/aromatic N) is 2. The third-order valence-electron chi connectivity index (χ3n) is 4.50. The van der Waals surface area contributed by atoms with Gasteiger partial charge in [-0.3, -0.25) is 0 Å². The summed E-state index contributed by atoms with van der Waals surface area (Å²) in [6, 6.07) is 0. The third-order valence-corrected chi connectivity index (χ3v) is 4.50. The van der Waals surface area contributed by atoms with Crippen LogP contribution in [0.2, 0.25) is 0 Å². The van der Waals surface area contributed by atoms with Gasteiger partial charge < -0.3 is 15.8 Å². The Morgan fingerprint density at radius 2 is 1.74 bits per heavy atom. The van der Waals surface area contributed by atoms with Crippen molar-refractivity contribution in [2.45, 2.75) is 52.4 Å². The average molecular weight is 267 g/mol. The van der Waals surface area contributed by atoms with Gasteiger partial charge >= 0.3 is 0 Å². The summed E-state index contributed by atoms with van der Waals surface area (Å²) in [5, 5.41) is 11.9. The molecule has 2 aliphatic rings. The maximum atomic E-state index is 8.79. The summed E-state index contributed by atoms with van der Waals surface area (Å²) < 4.78 is 0. The summed E-state index contributed by atoms with van der Waals surface area (Å²) in [5.41, 5.74) is 5.54. The minimum Gasteiger partial charge on any atom is -0.409 e. The van der Waals surface area contributed by atoms with Crippen molar-refractivity contribution in [3.8, 4) is 0 Å². The van der Waals surface area contributed by atoms with Crippen molar-refractivity contribution in [1.29, 1.82) is 0 Å². The van der Waals surface area contributed by atoms with Gasteiger partial charge in [-0.05, 0) is 56.9 Å². The lowest BCUT2D eigenvalue weighted by molar-refractivity contribution is 0.237. The van der Waals surface area contributed by atoms with Crippen LogP contribution in [-0.4, -0.2) is 35.6 Å². The molecule has 0 aromatic heterocycles. The zero-order valence-corrected chi connectivity index (χ0v) is 12.4. The highest BCUT2D eigenvalue weighted by atomic mass is 16.4. The number of nitrogens with two attached hydrogens (primary N) is 1. The fourth-order valence-corrected chi connectivity index (χ4v) is 2.60. The van der Waals surface area contributed by atoms with Gasteiger partial charge in [-0.15, -0.1) is 0 Å². The second-order valence-electron chi connectivity index (χ2n) is 7.12. The van der Waals surface area contributed by atoms with Crippen LogP contribution in [0.25, 0.3) is 0 Å².